The van der Waals surface area contributed by atoms with Crippen LogP contribution in [0.2, 0.25) is 0 Å². The molecule has 3 nitrogen and oxygen atoms in total. The number of aliphatic hydroxyl groups is 1. The Morgan fingerprint density at radius 1 is 1.55 bits per heavy atom. The minimum absolute atomic E-state index is 0.558. The predicted molar refractivity (Wildman–Crippen MR) is 27.4 cm³/mol. The van der Waals surface area contributed by atoms with E-state index in [4.69, 9.17) is 5.11 Å². The van der Waals surface area contributed by atoms with E-state index >= 15 is 0 Å². The van der Waals surface area contributed by atoms with Crippen molar-refractivity contribution in [1.82, 2.24) is 4.98 Å². The van der Waals surface area contributed by atoms with Crippen LogP contribution in [0.5, 0.6) is 0 Å². The summed E-state index contributed by atoms with van der Waals surface area (Å²) in [6.07, 6.45) is -3.90. The van der Waals surface area contributed by atoms with Crippen molar-refractivity contribution < 1.29 is 22.7 Å². The second kappa shape index (κ2) is 2.54. The Hall–Kier alpha value is -1.04. The van der Waals surface area contributed by atoms with Gasteiger partial charge in [0.15, 0.2) is 17.8 Å². The molecule has 1 rings (SSSR count). The summed E-state index contributed by atoms with van der Waals surface area (Å²) < 4.78 is 39.8. The normalized spacial score (nSPS) is 12.0. The van der Waals surface area contributed by atoms with Crippen LogP contribution in [0.15, 0.2) is 10.8 Å². The molecule has 0 atom stereocenters. The first-order valence-corrected chi connectivity index (χ1v) is 2.66. The molecule has 0 unspecified atom stereocenters. The fourth-order valence-electron chi connectivity index (χ4n) is 0.614. The molecule has 1 heterocycles. The minimum Gasteiger partial charge on any atom is -0.445 e. The van der Waals surface area contributed by atoms with Gasteiger partial charge in [0.1, 0.15) is 6.61 Å². The van der Waals surface area contributed by atoms with Gasteiger partial charge in [0.2, 0.25) is 0 Å². The number of aliphatic hydroxyl groups excluding tert-OH is 1. The molecule has 0 aromatic carbocycles. The summed E-state index contributed by atoms with van der Waals surface area (Å²) in [5.41, 5.74) is -1.17. The van der Waals surface area contributed by atoms with Gasteiger partial charge in [0, 0.05) is 0 Å². The van der Waals surface area contributed by atoms with Crippen molar-refractivity contribution in [2.24, 2.45) is 0 Å². The summed E-state index contributed by atoms with van der Waals surface area (Å²) in [7, 11) is 0. The van der Waals surface area contributed by atoms with Crippen molar-refractivity contribution in [1.29, 1.82) is 0 Å². The molecular weight excluding hydrogens is 163 g/mol. The van der Waals surface area contributed by atoms with E-state index in [0.29, 0.717) is 6.39 Å². The number of alkyl halides is 3. The molecule has 1 aromatic rings. The Bertz CT molecular complexity index is 242. The smallest absolute Gasteiger partial charge is 0.436 e. The van der Waals surface area contributed by atoms with Crippen molar-refractivity contribution in [2.45, 2.75) is 12.8 Å². The van der Waals surface area contributed by atoms with Crippen molar-refractivity contribution in [3.63, 3.8) is 0 Å². The summed E-state index contributed by atoms with van der Waals surface area (Å²) in [5.74, 6) is -0.558. The Labute approximate surface area is 59.5 Å². The van der Waals surface area contributed by atoms with Gasteiger partial charge >= 0.3 is 6.18 Å². The lowest BCUT2D eigenvalue weighted by molar-refractivity contribution is -0.142. The number of hydrogen-bond acceptors (Lipinski definition) is 3. The number of oxazole rings is 1. The van der Waals surface area contributed by atoms with Gasteiger partial charge in [0.25, 0.3) is 0 Å². The molecule has 0 saturated carbocycles. The average Bonchev–Trinajstić information content (AvgIpc) is 2.31. The summed E-state index contributed by atoms with van der Waals surface area (Å²) in [4.78, 5) is 2.91. The lowest BCUT2D eigenvalue weighted by Crippen LogP contribution is -2.08. The van der Waals surface area contributed by atoms with Crippen LogP contribution in [0.3, 0.4) is 0 Å². The Kier molecular flexibility index (Phi) is 1.86. The lowest BCUT2D eigenvalue weighted by Gasteiger charge is -2.01. The lowest BCUT2D eigenvalue weighted by atomic mass is 10.3. The highest BCUT2D eigenvalue weighted by atomic mass is 19.4. The number of nitrogens with zero attached hydrogens (tertiary/aromatic N) is 1. The van der Waals surface area contributed by atoms with E-state index in [2.05, 4.69) is 9.40 Å². The first-order chi connectivity index (χ1) is 5.05. The molecule has 0 amide bonds. The number of halogens is 3. The van der Waals surface area contributed by atoms with Gasteiger partial charge in [-0.1, -0.05) is 0 Å². The highest BCUT2D eigenvalue weighted by molar-refractivity contribution is 5.09. The molecule has 0 aliphatic rings. The summed E-state index contributed by atoms with van der Waals surface area (Å²) >= 11 is 0. The Balaban J connectivity index is 3.02. The summed E-state index contributed by atoms with van der Waals surface area (Å²) in [6, 6.07) is 0. The van der Waals surface area contributed by atoms with E-state index in [9.17, 15) is 13.2 Å². The molecule has 0 fully saturated rings. The molecule has 0 aliphatic heterocycles. The first-order valence-electron chi connectivity index (χ1n) is 2.66. The summed E-state index contributed by atoms with van der Waals surface area (Å²) in [5, 5.41) is 8.34. The standard InChI is InChI=1S/C5H4F3NO2/c6-5(7,8)4-3(1-10)11-2-9-4/h2,10H,1H2. The van der Waals surface area contributed by atoms with Gasteiger partial charge in [-0.25, -0.2) is 4.98 Å². The molecule has 0 bridgehead atoms. The van der Waals surface area contributed by atoms with Crippen LogP contribution in [0, 0.1) is 0 Å². The quantitative estimate of drug-likeness (QED) is 0.683. The van der Waals surface area contributed by atoms with Crippen LogP contribution >= 0.6 is 0 Å². The van der Waals surface area contributed by atoms with E-state index in [1.165, 1.54) is 0 Å². The van der Waals surface area contributed by atoms with E-state index in [-0.39, 0.29) is 0 Å². The maximum absolute atomic E-state index is 11.8. The summed E-state index contributed by atoms with van der Waals surface area (Å²) in [6.45, 7) is -0.797. The van der Waals surface area contributed by atoms with Crippen LogP contribution in [0.25, 0.3) is 0 Å². The molecule has 0 radical (unpaired) electrons. The van der Waals surface area contributed by atoms with Gasteiger partial charge in [0.05, 0.1) is 0 Å². The molecular formula is C5H4F3NO2. The van der Waals surface area contributed by atoms with Gasteiger partial charge in [-0.3, -0.25) is 0 Å². The van der Waals surface area contributed by atoms with Gasteiger partial charge in [-0.05, 0) is 0 Å². The van der Waals surface area contributed by atoms with Crippen LogP contribution in [-0.2, 0) is 12.8 Å². The third kappa shape index (κ3) is 1.51. The largest absolute Gasteiger partial charge is 0.445 e. The number of aromatic nitrogens is 1. The first kappa shape index (κ1) is 8.06. The van der Waals surface area contributed by atoms with Crippen LogP contribution in [0.1, 0.15) is 11.5 Å². The SMILES string of the molecule is OCc1ocnc1C(F)(F)F. The van der Waals surface area contributed by atoms with E-state index in [1.54, 1.807) is 0 Å². The van der Waals surface area contributed by atoms with Crippen molar-refractivity contribution >= 4 is 0 Å². The van der Waals surface area contributed by atoms with E-state index in [1.807, 2.05) is 0 Å². The molecule has 1 N–H and O–H groups in total. The zero-order valence-corrected chi connectivity index (χ0v) is 5.22. The molecule has 0 aliphatic carbocycles. The molecule has 1 aromatic heterocycles. The van der Waals surface area contributed by atoms with Crippen molar-refractivity contribution in [3.8, 4) is 0 Å². The van der Waals surface area contributed by atoms with Gasteiger partial charge in [-0.2, -0.15) is 13.2 Å². The predicted octanol–water partition coefficient (Wildman–Crippen LogP) is 1.19. The minimum atomic E-state index is -4.55. The second-order valence-electron chi connectivity index (χ2n) is 1.78. The van der Waals surface area contributed by atoms with Crippen molar-refractivity contribution in [2.75, 3.05) is 0 Å². The third-order valence-electron chi connectivity index (χ3n) is 1.05. The third-order valence-corrected chi connectivity index (χ3v) is 1.05. The highest BCUT2D eigenvalue weighted by Crippen LogP contribution is 2.30. The number of rotatable bonds is 1. The zero-order valence-electron chi connectivity index (χ0n) is 5.22. The Morgan fingerprint density at radius 2 is 2.18 bits per heavy atom. The van der Waals surface area contributed by atoms with Crippen LogP contribution in [-0.4, -0.2) is 10.1 Å². The molecule has 6 heteroatoms. The van der Waals surface area contributed by atoms with E-state index < -0.39 is 24.2 Å². The average molecular weight is 167 g/mol. The maximum atomic E-state index is 11.8. The molecule has 62 valence electrons. The Morgan fingerprint density at radius 3 is 2.55 bits per heavy atom. The number of hydrogen-bond donors (Lipinski definition) is 1. The molecule has 0 saturated heterocycles. The van der Waals surface area contributed by atoms with Gasteiger partial charge in [-0.15, -0.1) is 0 Å². The van der Waals surface area contributed by atoms with Crippen LogP contribution in [0.4, 0.5) is 13.2 Å². The second-order valence-corrected chi connectivity index (χ2v) is 1.78. The highest BCUT2D eigenvalue weighted by Gasteiger charge is 2.37. The van der Waals surface area contributed by atoms with Crippen LogP contribution < -0.4 is 0 Å². The monoisotopic (exact) mass is 167 g/mol. The maximum Gasteiger partial charge on any atom is 0.436 e. The van der Waals surface area contributed by atoms with Crippen molar-refractivity contribution in [3.05, 3.63) is 17.8 Å². The fraction of sp³-hybridized carbons (Fsp3) is 0.400. The van der Waals surface area contributed by atoms with Gasteiger partial charge < -0.3 is 9.52 Å². The topological polar surface area (TPSA) is 46.3 Å². The zero-order chi connectivity index (χ0) is 8.48. The van der Waals surface area contributed by atoms with E-state index in [0.717, 1.165) is 0 Å². The molecule has 0 spiro atoms. The molecule has 11 heavy (non-hydrogen) atoms. The fourth-order valence-corrected chi connectivity index (χ4v) is 0.614.